The van der Waals surface area contributed by atoms with E-state index in [1.165, 1.54) is 6.42 Å². The van der Waals surface area contributed by atoms with Crippen molar-refractivity contribution in [3.63, 3.8) is 0 Å². The molecule has 0 aliphatic heterocycles. The fraction of sp³-hybridized carbons (Fsp3) is 0.588. The Labute approximate surface area is 135 Å². The highest BCUT2D eigenvalue weighted by Crippen LogP contribution is 2.31. The van der Waals surface area contributed by atoms with Crippen molar-refractivity contribution in [2.75, 3.05) is 6.54 Å². The fourth-order valence-electron chi connectivity index (χ4n) is 3.17. The van der Waals surface area contributed by atoms with Crippen LogP contribution in [0.5, 0.6) is 0 Å². The summed E-state index contributed by atoms with van der Waals surface area (Å²) in [6.45, 7) is 4.71. The van der Waals surface area contributed by atoms with Gasteiger partial charge >= 0.3 is 0 Å². The molecule has 1 amide bonds. The van der Waals surface area contributed by atoms with E-state index in [0.29, 0.717) is 12.5 Å². The molecule has 0 aromatic heterocycles. The maximum Gasteiger partial charge on any atom is 0.224 e. The average Bonchev–Trinajstić information content (AvgIpc) is 2.47. The molecule has 0 saturated heterocycles. The second kappa shape index (κ2) is 6.93. The summed E-state index contributed by atoms with van der Waals surface area (Å²) in [6.07, 6.45) is 4.37. The molecule has 1 fully saturated rings. The molecule has 1 saturated carbocycles. The predicted molar refractivity (Wildman–Crippen MR) is 89.8 cm³/mol. The molecule has 0 spiro atoms. The number of amides is 1. The van der Waals surface area contributed by atoms with Gasteiger partial charge in [0.2, 0.25) is 5.91 Å². The first-order valence-electron chi connectivity index (χ1n) is 7.72. The summed E-state index contributed by atoms with van der Waals surface area (Å²) in [5.41, 5.74) is 6.58. The average molecular weight is 353 g/mol. The van der Waals surface area contributed by atoms with Crippen molar-refractivity contribution >= 4 is 21.8 Å². The first-order chi connectivity index (χ1) is 9.94. The van der Waals surface area contributed by atoms with E-state index >= 15 is 0 Å². The van der Waals surface area contributed by atoms with Crippen LogP contribution in [-0.2, 0) is 10.3 Å². The second-order valence-electron chi connectivity index (χ2n) is 6.51. The van der Waals surface area contributed by atoms with Crippen molar-refractivity contribution in [3.05, 3.63) is 34.3 Å². The van der Waals surface area contributed by atoms with Gasteiger partial charge in [0, 0.05) is 10.4 Å². The number of nitrogens with two attached hydrogens (primary N) is 1. The van der Waals surface area contributed by atoms with Gasteiger partial charge in [-0.25, -0.2) is 0 Å². The highest BCUT2D eigenvalue weighted by molar-refractivity contribution is 9.10. The summed E-state index contributed by atoms with van der Waals surface area (Å²) in [4.78, 5) is 12.6. The molecule has 2 atom stereocenters. The van der Waals surface area contributed by atoms with Gasteiger partial charge in [-0.3, -0.25) is 4.79 Å². The van der Waals surface area contributed by atoms with Gasteiger partial charge in [-0.1, -0.05) is 40.9 Å². The van der Waals surface area contributed by atoms with E-state index < -0.39 is 0 Å². The van der Waals surface area contributed by atoms with E-state index in [4.69, 9.17) is 5.73 Å². The number of nitrogens with one attached hydrogen (secondary N) is 1. The number of hydrogen-bond acceptors (Lipinski definition) is 2. The minimum absolute atomic E-state index is 0.0680. The summed E-state index contributed by atoms with van der Waals surface area (Å²) < 4.78 is 1.05. The Kier molecular flexibility index (Phi) is 5.44. The van der Waals surface area contributed by atoms with Crippen molar-refractivity contribution < 1.29 is 4.79 Å². The highest BCUT2D eigenvalue weighted by atomic mass is 79.9. The number of carbonyl (C=O) groups excluding carboxylic acids is 1. The first kappa shape index (κ1) is 16.5. The third-order valence-electron chi connectivity index (χ3n) is 4.55. The molecule has 1 aromatic carbocycles. The Balaban J connectivity index is 2.08. The number of carbonyl (C=O) groups is 1. The van der Waals surface area contributed by atoms with Gasteiger partial charge in [0.15, 0.2) is 0 Å². The molecule has 2 unspecified atom stereocenters. The molecule has 0 radical (unpaired) electrons. The topological polar surface area (TPSA) is 55.1 Å². The normalized spacial score (nSPS) is 22.9. The molecule has 2 rings (SSSR count). The number of hydrogen-bond donors (Lipinski definition) is 2. The van der Waals surface area contributed by atoms with E-state index in [0.717, 1.165) is 29.3 Å². The summed E-state index contributed by atoms with van der Waals surface area (Å²) >= 11 is 3.44. The molecule has 1 aliphatic carbocycles. The van der Waals surface area contributed by atoms with Crippen molar-refractivity contribution in [1.82, 2.24) is 5.32 Å². The van der Waals surface area contributed by atoms with Crippen LogP contribution in [0.3, 0.4) is 0 Å². The van der Waals surface area contributed by atoms with Crippen LogP contribution in [0.2, 0.25) is 0 Å². The minimum atomic E-state index is -0.367. The SMILES string of the molecule is CC(C)(NC(=O)C1CCCCC1CN)c1ccc(Br)cc1. The molecule has 3 N–H and O–H groups in total. The number of halogens is 1. The van der Waals surface area contributed by atoms with E-state index in [-0.39, 0.29) is 17.4 Å². The van der Waals surface area contributed by atoms with Crippen molar-refractivity contribution in [1.29, 1.82) is 0 Å². The van der Waals surface area contributed by atoms with Gasteiger partial charge in [0.1, 0.15) is 0 Å². The van der Waals surface area contributed by atoms with E-state index in [1.807, 2.05) is 24.3 Å². The molecular weight excluding hydrogens is 328 g/mol. The smallest absolute Gasteiger partial charge is 0.224 e. The lowest BCUT2D eigenvalue weighted by atomic mass is 9.78. The van der Waals surface area contributed by atoms with Crippen LogP contribution in [0.1, 0.15) is 45.1 Å². The van der Waals surface area contributed by atoms with Crippen molar-refractivity contribution in [2.24, 2.45) is 17.6 Å². The molecule has 0 heterocycles. The van der Waals surface area contributed by atoms with Crippen LogP contribution in [0.4, 0.5) is 0 Å². The molecule has 116 valence electrons. The zero-order valence-corrected chi connectivity index (χ0v) is 14.4. The van der Waals surface area contributed by atoms with Crippen LogP contribution in [0.25, 0.3) is 0 Å². The van der Waals surface area contributed by atoms with E-state index in [2.05, 4.69) is 35.1 Å². The summed E-state index contributed by atoms with van der Waals surface area (Å²) in [5.74, 6) is 0.552. The number of rotatable bonds is 4. The van der Waals surface area contributed by atoms with Crippen LogP contribution < -0.4 is 11.1 Å². The van der Waals surface area contributed by atoms with Gasteiger partial charge in [-0.05, 0) is 56.8 Å². The summed E-state index contributed by atoms with van der Waals surface area (Å²) in [5, 5.41) is 3.22. The molecule has 21 heavy (non-hydrogen) atoms. The van der Waals surface area contributed by atoms with Gasteiger partial charge in [0.05, 0.1) is 5.54 Å². The maximum atomic E-state index is 12.6. The molecule has 0 bridgehead atoms. The molecule has 3 nitrogen and oxygen atoms in total. The zero-order chi connectivity index (χ0) is 15.5. The van der Waals surface area contributed by atoms with E-state index in [9.17, 15) is 4.79 Å². The molecule has 4 heteroatoms. The largest absolute Gasteiger partial charge is 0.347 e. The zero-order valence-electron chi connectivity index (χ0n) is 12.9. The number of benzene rings is 1. The highest BCUT2D eigenvalue weighted by Gasteiger charge is 2.33. The quantitative estimate of drug-likeness (QED) is 0.870. The Hall–Kier alpha value is -0.870. The lowest BCUT2D eigenvalue weighted by molar-refractivity contribution is -0.129. The Morgan fingerprint density at radius 2 is 1.90 bits per heavy atom. The van der Waals surface area contributed by atoms with Gasteiger partial charge < -0.3 is 11.1 Å². The Morgan fingerprint density at radius 1 is 1.29 bits per heavy atom. The summed E-state index contributed by atoms with van der Waals surface area (Å²) in [7, 11) is 0. The van der Waals surface area contributed by atoms with Crippen LogP contribution >= 0.6 is 15.9 Å². The van der Waals surface area contributed by atoms with Gasteiger partial charge in [-0.2, -0.15) is 0 Å². The standard InChI is InChI=1S/C17H25BrN2O/c1-17(2,13-7-9-14(18)10-8-13)20-16(21)15-6-4-3-5-12(15)11-19/h7-10,12,15H,3-6,11,19H2,1-2H3,(H,20,21). The Bertz CT molecular complexity index is 484. The second-order valence-corrected chi connectivity index (χ2v) is 7.42. The fourth-order valence-corrected chi connectivity index (χ4v) is 3.44. The maximum absolute atomic E-state index is 12.6. The lowest BCUT2D eigenvalue weighted by Crippen LogP contribution is -2.47. The summed E-state index contributed by atoms with van der Waals surface area (Å²) in [6, 6.07) is 8.11. The third-order valence-corrected chi connectivity index (χ3v) is 5.08. The van der Waals surface area contributed by atoms with E-state index in [1.54, 1.807) is 0 Å². The monoisotopic (exact) mass is 352 g/mol. The van der Waals surface area contributed by atoms with Crippen LogP contribution in [-0.4, -0.2) is 12.5 Å². The first-order valence-corrected chi connectivity index (χ1v) is 8.51. The van der Waals surface area contributed by atoms with Crippen molar-refractivity contribution in [3.8, 4) is 0 Å². The lowest BCUT2D eigenvalue weighted by Gasteiger charge is -2.34. The van der Waals surface area contributed by atoms with Crippen LogP contribution in [0, 0.1) is 11.8 Å². The molecular formula is C17H25BrN2O. The van der Waals surface area contributed by atoms with Crippen molar-refractivity contribution in [2.45, 2.75) is 45.1 Å². The minimum Gasteiger partial charge on any atom is -0.347 e. The Morgan fingerprint density at radius 3 is 2.52 bits per heavy atom. The third kappa shape index (κ3) is 4.07. The predicted octanol–water partition coefficient (Wildman–Crippen LogP) is 3.57. The van der Waals surface area contributed by atoms with Crippen LogP contribution in [0.15, 0.2) is 28.7 Å². The molecule has 1 aromatic rings. The van der Waals surface area contributed by atoms with Gasteiger partial charge in [-0.15, -0.1) is 0 Å². The molecule has 1 aliphatic rings. The van der Waals surface area contributed by atoms with Gasteiger partial charge in [0.25, 0.3) is 0 Å².